The third-order valence-corrected chi connectivity index (χ3v) is 10.7. The molecule has 1 unspecified atom stereocenters. The van der Waals surface area contributed by atoms with Gasteiger partial charge >= 0.3 is 19.8 Å². The second-order valence-corrected chi connectivity index (χ2v) is 16.5. The molecule has 318 valence electrons. The number of carbonyl (C=O) groups excluding carboxylic acids is 2. The Labute approximate surface area is 332 Å². The predicted octanol–water partition coefficient (Wildman–Crippen LogP) is 12.8. The van der Waals surface area contributed by atoms with Gasteiger partial charge in [-0.1, -0.05) is 205 Å². The van der Waals surface area contributed by atoms with E-state index in [1.165, 1.54) is 167 Å². The smallest absolute Gasteiger partial charge is 0.462 e. The van der Waals surface area contributed by atoms with E-state index in [9.17, 15) is 19.0 Å². The average Bonchev–Trinajstić information content (AvgIpc) is 3.16. The van der Waals surface area contributed by atoms with Crippen molar-refractivity contribution in [2.45, 2.75) is 219 Å². The zero-order chi connectivity index (χ0) is 39.6. The van der Waals surface area contributed by atoms with Gasteiger partial charge in [0, 0.05) is 19.0 Å². The number of rotatable bonds is 42. The Kier molecular flexibility index (Phi) is 40.0. The van der Waals surface area contributed by atoms with Crippen LogP contribution in [0.15, 0.2) is 24.3 Å². The number of esters is 2. The first-order chi connectivity index (χ1) is 26.3. The maximum absolute atomic E-state index is 12.5. The zero-order valence-electron chi connectivity index (χ0n) is 35.0. The van der Waals surface area contributed by atoms with E-state index in [0.717, 1.165) is 32.1 Å². The highest BCUT2D eigenvalue weighted by Crippen LogP contribution is 2.43. The molecule has 0 heterocycles. The summed E-state index contributed by atoms with van der Waals surface area (Å²) in [5.41, 5.74) is 5.34. The van der Waals surface area contributed by atoms with E-state index in [2.05, 4.69) is 13.8 Å². The van der Waals surface area contributed by atoms with Crippen LogP contribution in [0.5, 0.6) is 0 Å². The highest BCUT2D eigenvalue weighted by molar-refractivity contribution is 7.47. The quantitative estimate of drug-likeness (QED) is 0.0204. The minimum absolute atomic E-state index is 0.0426. The van der Waals surface area contributed by atoms with Crippen LogP contribution in [0.3, 0.4) is 0 Å². The molecule has 0 fully saturated rings. The molecule has 0 aromatic rings. The molecule has 0 aromatic carbocycles. The molecule has 0 amide bonds. The van der Waals surface area contributed by atoms with Crippen molar-refractivity contribution in [3.63, 3.8) is 0 Å². The average molecular weight is 786 g/mol. The highest BCUT2D eigenvalue weighted by atomic mass is 31.2. The van der Waals surface area contributed by atoms with Crippen LogP contribution >= 0.6 is 7.82 Å². The van der Waals surface area contributed by atoms with Gasteiger partial charge in [0.05, 0.1) is 13.2 Å². The number of phosphoric ester groups is 1. The van der Waals surface area contributed by atoms with Crippen LogP contribution in [-0.4, -0.2) is 49.3 Å². The normalized spacial score (nSPS) is 13.5. The number of nitrogens with two attached hydrogens (primary N) is 1. The van der Waals surface area contributed by atoms with E-state index >= 15 is 0 Å². The van der Waals surface area contributed by atoms with E-state index in [-0.39, 0.29) is 26.2 Å². The van der Waals surface area contributed by atoms with Crippen molar-refractivity contribution in [3.8, 4) is 0 Å². The van der Waals surface area contributed by atoms with E-state index in [4.69, 9.17) is 24.3 Å². The summed E-state index contributed by atoms with van der Waals surface area (Å²) in [4.78, 5) is 34.7. The molecular weight excluding hydrogens is 701 g/mol. The fourth-order valence-electron chi connectivity index (χ4n) is 6.37. The Morgan fingerprint density at radius 3 is 1.46 bits per heavy atom. The Hall–Kier alpha value is -1.51. The van der Waals surface area contributed by atoms with Gasteiger partial charge in [0.25, 0.3) is 0 Å². The maximum atomic E-state index is 12.5. The topological polar surface area (TPSA) is 134 Å². The van der Waals surface area contributed by atoms with Crippen molar-refractivity contribution in [2.24, 2.45) is 5.73 Å². The fraction of sp³-hybridized carbons (Fsp3) is 0.864. The lowest BCUT2D eigenvalue weighted by molar-refractivity contribution is -0.157. The van der Waals surface area contributed by atoms with Gasteiger partial charge < -0.3 is 20.1 Å². The zero-order valence-corrected chi connectivity index (χ0v) is 35.9. The molecule has 3 N–H and O–H groups in total. The SMILES string of the molecule is CCCCCCCCCCCCC/C=C/C=C/C(=O)O[C@H](COC(=O)CCCCCCCCCCCCCCCCCCCC)COP(=O)(O)OCCN. The van der Waals surface area contributed by atoms with Crippen LogP contribution in [0, 0.1) is 0 Å². The molecule has 9 nitrogen and oxygen atoms in total. The Bertz CT molecular complexity index is 944. The lowest BCUT2D eigenvalue weighted by Gasteiger charge is -2.19. The number of unbranched alkanes of at least 4 members (excludes halogenated alkanes) is 28. The van der Waals surface area contributed by atoms with Crippen molar-refractivity contribution in [1.29, 1.82) is 0 Å². The summed E-state index contributed by atoms with van der Waals surface area (Å²) in [6, 6.07) is 0. The highest BCUT2D eigenvalue weighted by Gasteiger charge is 2.25. The molecule has 10 heteroatoms. The number of hydrogen-bond donors (Lipinski definition) is 2. The predicted molar refractivity (Wildman–Crippen MR) is 224 cm³/mol. The van der Waals surface area contributed by atoms with Crippen LogP contribution in [0.1, 0.15) is 213 Å². The molecule has 0 aliphatic heterocycles. The lowest BCUT2D eigenvalue weighted by Crippen LogP contribution is -2.29. The van der Waals surface area contributed by atoms with Gasteiger partial charge in [-0.25, -0.2) is 9.36 Å². The van der Waals surface area contributed by atoms with Crippen molar-refractivity contribution < 1.29 is 37.6 Å². The van der Waals surface area contributed by atoms with Gasteiger partial charge in [0.2, 0.25) is 0 Å². The van der Waals surface area contributed by atoms with E-state index in [0.29, 0.717) is 0 Å². The fourth-order valence-corrected chi connectivity index (χ4v) is 7.13. The molecule has 0 aliphatic carbocycles. The van der Waals surface area contributed by atoms with Gasteiger partial charge in [-0.2, -0.15) is 0 Å². The Morgan fingerprint density at radius 2 is 1.02 bits per heavy atom. The summed E-state index contributed by atoms with van der Waals surface area (Å²) >= 11 is 0. The van der Waals surface area contributed by atoms with E-state index < -0.39 is 32.5 Å². The Morgan fingerprint density at radius 1 is 0.593 bits per heavy atom. The van der Waals surface area contributed by atoms with E-state index in [1.807, 2.05) is 12.2 Å². The molecule has 0 rings (SSSR count). The van der Waals surface area contributed by atoms with Gasteiger partial charge in [0.1, 0.15) is 6.61 Å². The van der Waals surface area contributed by atoms with Crippen LogP contribution in [0.2, 0.25) is 0 Å². The second-order valence-electron chi connectivity index (χ2n) is 15.0. The van der Waals surface area contributed by atoms with Crippen molar-refractivity contribution >= 4 is 19.8 Å². The van der Waals surface area contributed by atoms with Crippen LogP contribution < -0.4 is 5.73 Å². The van der Waals surface area contributed by atoms with Crippen LogP contribution in [0.25, 0.3) is 0 Å². The van der Waals surface area contributed by atoms with E-state index in [1.54, 1.807) is 6.08 Å². The first kappa shape index (κ1) is 52.5. The molecule has 0 aromatic heterocycles. The molecule has 0 bridgehead atoms. The molecule has 0 aliphatic rings. The van der Waals surface area contributed by atoms with Gasteiger partial charge in [-0.05, 0) is 19.3 Å². The minimum Gasteiger partial charge on any atom is -0.462 e. The first-order valence-corrected chi connectivity index (χ1v) is 23.9. The number of hydrogen-bond acceptors (Lipinski definition) is 8. The standard InChI is InChI=1S/C44H84NO8P/c1-3-5-7-9-11-13-15-17-19-20-21-23-24-26-28-30-32-34-36-43(46)50-40-42(41-52-54(48,49)51-39-38-45)53-44(47)37-35-33-31-29-27-25-22-18-16-14-12-10-8-6-4-2/h31,33,35,37,42H,3-30,32,34,36,38-41,45H2,1-2H3,(H,48,49)/b33-31+,37-35+/t42-/m1/s1. The Balaban J connectivity index is 4.18. The number of carbonyl (C=O) groups is 2. The number of allylic oxidation sites excluding steroid dienone is 3. The van der Waals surface area contributed by atoms with Gasteiger partial charge in [0.15, 0.2) is 6.10 Å². The monoisotopic (exact) mass is 786 g/mol. The summed E-state index contributed by atoms with van der Waals surface area (Å²) in [5.74, 6) is -1.07. The lowest BCUT2D eigenvalue weighted by atomic mass is 10.0. The molecule has 0 saturated heterocycles. The molecular formula is C44H84NO8P. The number of phosphoric acid groups is 1. The summed E-state index contributed by atoms with van der Waals surface area (Å²) in [6.45, 7) is 3.63. The summed E-state index contributed by atoms with van der Waals surface area (Å²) in [6.07, 6.45) is 44.1. The van der Waals surface area contributed by atoms with Crippen molar-refractivity contribution in [1.82, 2.24) is 0 Å². The molecule has 0 saturated carbocycles. The van der Waals surface area contributed by atoms with Gasteiger partial charge in [-0.3, -0.25) is 13.8 Å². The second kappa shape index (κ2) is 41.1. The van der Waals surface area contributed by atoms with Crippen molar-refractivity contribution in [2.75, 3.05) is 26.4 Å². The molecule has 0 radical (unpaired) electrons. The third-order valence-electron chi connectivity index (χ3n) is 9.70. The summed E-state index contributed by atoms with van der Waals surface area (Å²) in [5, 5.41) is 0. The molecule has 54 heavy (non-hydrogen) atoms. The van der Waals surface area contributed by atoms with Crippen molar-refractivity contribution in [3.05, 3.63) is 24.3 Å². The minimum atomic E-state index is -4.40. The number of ether oxygens (including phenoxy) is 2. The van der Waals surface area contributed by atoms with Crippen LogP contribution in [0.4, 0.5) is 0 Å². The summed E-state index contributed by atoms with van der Waals surface area (Å²) in [7, 11) is -4.40. The molecule has 0 spiro atoms. The largest absolute Gasteiger partial charge is 0.472 e. The first-order valence-electron chi connectivity index (χ1n) is 22.4. The summed E-state index contributed by atoms with van der Waals surface area (Å²) < 4.78 is 32.6. The maximum Gasteiger partial charge on any atom is 0.472 e. The molecule has 2 atom stereocenters. The van der Waals surface area contributed by atoms with Gasteiger partial charge in [-0.15, -0.1) is 0 Å². The third kappa shape index (κ3) is 40.2. The van der Waals surface area contributed by atoms with Crippen LogP contribution in [-0.2, 0) is 32.7 Å².